The highest BCUT2D eigenvalue weighted by Gasteiger charge is 2.28. The lowest BCUT2D eigenvalue weighted by molar-refractivity contribution is -0.133. The van der Waals surface area contributed by atoms with Crippen LogP contribution in [0.25, 0.3) is 0 Å². The fraction of sp³-hybridized carbons (Fsp3) is 0.611. The van der Waals surface area contributed by atoms with Crippen LogP contribution in [0.4, 0.5) is 5.69 Å². The van der Waals surface area contributed by atoms with E-state index in [1.807, 2.05) is 4.90 Å². The van der Waals surface area contributed by atoms with Crippen LogP contribution in [0.15, 0.2) is 24.3 Å². The molecular formula is C18H26N2O2. The zero-order valence-corrected chi connectivity index (χ0v) is 13.5. The van der Waals surface area contributed by atoms with Crippen molar-refractivity contribution in [1.29, 1.82) is 0 Å². The SMILES string of the molecule is CCCC1CCc2ccccc2N1CC(=O)N1CCOCC1. The molecule has 0 spiro atoms. The number of para-hydroxylation sites is 1. The molecule has 4 nitrogen and oxygen atoms in total. The maximum absolute atomic E-state index is 12.7. The molecule has 1 aromatic carbocycles. The zero-order chi connectivity index (χ0) is 15.4. The summed E-state index contributed by atoms with van der Waals surface area (Å²) < 4.78 is 5.35. The summed E-state index contributed by atoms with van der Waals surface area (Å²) >= 11 is 0. The second-order valence-electron chi connectivity index (χ2n) is 6.23. The van der Waals surface area contributed by atoms with Gasteiger partial charge in [-0.2, -0.15) is 0 Å². The molecule has 1 amide bonds. The molecule has 22 heavy (non-hydrogen) atoms. The number of rotatable bonds is 4. The molecule has 0 aromatic heterocycles. The van der Waals surface area contributed by atoms with Crippen molar-refractivity contribution in [1.82, 2.24) is 4.90 Å². The van der Waals surface area contributed by atoms with Crippen LogP contribution < -0.4 is 4.90 Å². The van der Waals surface area contributed by atoms with Crippen LogP contribution >= 0.6 is 0 Å². The molecule has 2 aliphatic heterocycles. The third-order valence-electron chi connectivity index (χ3n) is 4.78. The van der Waals surface area contributed by atoms with E-state index in [0.717, 1.165) is 38.8 Å². The van der Waals surface area contributed by atoms with Crippen LogP contribution in [0.5, 0.6) is 0 Å². The molecule has 0 aliphatic carbocycles. The number of fused-ring (bicyclic) bond motifs is 1. The fourth-order valence-corrected chi connectivity index (χ4v) is 3.58. The summed E-state index contributed by atoms with van der Waals surface area (Å²) in [5.74, 6) is 0.237. The van der Waals surface area contributed by atoms with Gasteiger partial charge < -0.3 is 14.5 Å². The molecule has 1 unspecified atom stereocenters. The van der Waals surface area contributed by atoms with Gasteiger partial charge in [-0.05, 0) is 30.9 Å². The first-order chi connectivity index (χ1) is 10.8. The Hall–Kier alpha value is -1.55. The normalized spacial score (nSPS) is 21.6. The number of morpholine rings is 1. The van der Waals surface area contributed by atoms with Crippen LogP contribution in [0.2, 0.25) is 0 Å². The molecule has 120 valence electrons. The van der Waals surface area contributed by atoms with Gasteiger partial charge in [0.15, 0.2) is 0 Å². The first-order valence-corrected chi connectivity index (χ1v) is 8.49. The van der Waals surface area contributed by atoms with E-state index in [4.69, 9.17) is 4.74 Å². The van der Waals surface area contributed by atoms with Gasteiger partial charge in [-0.3, -0.25) is 4.79 Å². The maximum Gasteiger partial charge on any atom is 0.242 e. The van der Waals surface area contributed by atoms with Crippen molar-refractivity contribution < 1.29 is 9.53 Å². The Morgan fingerprint density at radius 2 is 2.05 bits per heavy atom. The van der Waals surface area contributed by atoms with E-state index in [1.54, 1.807) is 0 Å². The van der Waals surface area contributed by atoms with E-state index >= 15 is 0 Å². The van der Waals surface area contributed by atoms with E-state index in [0.29, 0.717) is 25.8 Å². The van der Waals surface area contributed by atoms with E-state index in [2.05, 4.69) is 36.1 Å². The summed E-state index contributed by atoms with van der Waals surface area (Å²) in [5, 5.41) is 0. The van der Waals surface area contributed by atoms with E-state index in [-0.39, 0.29) is 5.91 Å². The number of amides is 1. The molecular weight excluding hydrogens is 276 g/mol. The van der Waals surface area contributed by atoms with Crippen LogP contribution in [-0.4, -0.2) is 49.7 Å². The van der Waals surface area contributed by atoms with Gasteiger partial charge in [-0.1, -0.05) is 31.5 Å². The summed E-state index contributed by atoms with van der Waals surface area (Å²) in [6.45, 7) is 5.52. The standard InChI is InChI=1S/C18H26N2O2/c1-2-5-16-9-8-15-6-3-4-7-17(15)20(16)14-18(21)19-10-12-22-13-11-19/h3-4,6-7,16H,2,5,8-14H2,1H3. The van der Waals surface area contributed by atoms with Gasteiger partial charge in [-0.15, -0.1) is 0 Å². The van der Waals surface area contributed by atoms with Crippen LogP contribution in [0.3, 0.4) is 0 Å². The topological polar surface area (TPSA) is 32.8 Å². The van der Waals surface area contributed by atoms with Gasteiger partial charge in [0.05, 0.1) is 19.8 Å². The summed E-state index contributed by atoms with van der Waals surface area (Å²) in [4.78, 5) is 17.0. The summed E-state index contributed by atoms with van der Waals surface area (Å²) in [7, 11) is 0. The monoisotopic (exact) mass is 302 g/mol. The molecule has 1 saturated heterocycles. The zero-order valence-electron chi connectivity index (χ0n) is 13.5. The van der Waals surface area contributed by atoms with Crippen molar-refractivity contribution in [2.24, 2.45) is 0 Å². The Kier molecular flexibility index (Phi) is 4.98. The minimum Gasteiger partial charge on any atom is -0.378 e. The number of anilines is 1. The Balaban J connectivity index is 1.76. The Morgan fingerprint density at radius 3 is 2.82 bits per heavy atom. The van der Waals surface area contributed by atoms with E-state index < -0.39 is 0 Å². The maximum atomic E-state index is 12.7. The van der Waals surface area contributed by atoms with Gasteiger partial charge in [0.25, 0.3) is 0 Å². The minimum atomic E-state index is 0.237. The van der Waals surface area contributed by atoms with Crippen LogP contribution in [-0.2, 0) is 16.0 Å². The van der Waals surface area contributed by atoms with Crippen molar-refractivity contribution in [2.45, 2.75) is 38.6 Å². The van der Waals surface area contributed by atoms with Gasteiger partial charge in [0.1, 0.15) is 0 Å². The number of ether oxygens (including phenoxy) is 1. The molecule has 3 rings (SSSR count). The van der Waals surface area contributed by atoms with Gasteiger partial charge >= 0.3 is 0 Å². The summed E-state index contributed by atoms with van der Waals surface area (Å²) in [6, 6.07) is 9.04. The van der Waals surface area contributed by atoms with Gasteiger partial charge in [-0.25, -0.2) is 0 Å². The second-order valence-corrected chi connectivity index (χ2v) is 6.23. The predicted molar refractivity (Wildman–Crippen MR) is 88.2 cm³/mol. The van der Waals surface area contributed by atoms with Gasteiger partial charge in [0.2, 0.25) is 5.91 Å². The lowest BCUT2D eigenvalue weighted by Crippen LogP contribution is -2.49. The third-order valence-corrected chi connectivity index (χ3v) is 4.78. The number of hydrogen-bond acceptors (Lipinski definition) is 3. The summed E-state index contributed by atoms with van der Waals surface area (Å²) in [5.41, 5.74) is 2.64. The number of hydrogen-bond donors (Lipinski definition) is 0. The largest absolute Gasteiger partial charge is 0.378 e. The number of benzene rings is 1. The third kappa shape index (κ3) is 3.27. The smallest absolute Gasteiger partial charge is 0.242 e. The Bertz CT molecular complexity index is 512. The van der Waals surface area contributed by atoms with Crippen molar-refractivity contribution >= 4 is 11.6 Å². The molecule has 2 aliphatic rings. The number of nitrogens with zero attached hydrogens (tertiary/aromatic N) is 2. The molecule has 4 heteroatoms. The highest BCUT2D eigenvalue weighted by Crippen LogP contribution is 2.32. The van der Waals surface area contributed by atoms with Gasteiger partial charge in [0, 0.05) is 24.8 Å². The average Bonchev–Trinajstić information content (AvgIpc) is 2.58. The molecule has 0 radical (unpaired) electrons. The quantitative estimate of drug-likeness (QED) is 0.856. The molecule has 1 aromatic rings. The second kappa shape index (κ2) is 7.14. The molecule has 0 saturated carbocycles. The van der Waals surface area contributed by atoms with Crippen molar-refractivity contribution in [3.05, 3.63) is 29.8 Å². The summed E-state index contributed by atoms with van der Waals surface area (Å²) in [6.07, 6.45) is 4.60. The first kappa shape index (κ1) is 15.3. The van der Waals surface area contributed by atoms with Crippen LogP contribution in [0, 0.1) is 0 Å². The molecule has 1 fully saturated rings. The van der Waals surface area contributed by atoms with E-state index in [1.165, 1.54) is 11.3 Å². The molecule has 2 heterocycles. The molecule has 1 atom stereocenters. The van der Waals surface area contributed by atoms with Crippen molar-refractivity contribution in [2.75, 3.05) is 37.7 Å². The fourth-order valence-electron chi connectivity index (χ4n) is 3.58. The number of aryl methyl sites for hydroxylation is 1. The molecule has 0 bridgehead atoms. The average molecular weight is 302 g/mol. The lowest BCUT2D eigenvalue weighted by atomic mass is 9.93. The number of carbonyl (C=O) groups excluding carboxylic acids is 1. The van der Waals surface area contributed by atoms with Crippen LogP contribution in [0.1, 0.15) is 31.7 Å². The highest BCUT2D eigenvalue weighted by molar-refractivity contribution is 5.82. The Morgan fingerprint density at radius 1 is 1.27 bits per heavy atom. The van der Waals surface area contributed by atoms with Crippen molar-refractivity contribution in [3.8, 4) is 0 Å². The number of carbonyl (C=O) groups is 1. The lowest BCUT2D eigenvalue weighted by Gasteiger charge is -2.40. The molecule has 0 N–H and O–H groups in total. The first-order valence-electron chi connectivity index (χ1n) is 8.49. The highest BCUT2D eigenvalue weighted by atomic mass is 16.5. The predicted octanol–water partition coefficient (Wildman–Crippen LogP) is 2.47. The van der Waals surface area contributed by atoms with Crippen molar-refractivity contribution in [3.63, 3.8) is 0 Å². The Labute approximate surface area is 133 Å². The minimum absolute atomic E-state index is 0.237. The van der Waals surface area contributed by atoms with E-state index in [9.17, 15) is 4.79 Å².